The molecule has 2 amide bonds. The van der Waals surface area contributed by atoms with Crippen LogP contribution < -0.4 is 26.6 Å². The first-order valence-corrected chi connectivity index (χ1v) is 17.0. The van der Waals surface area contributed by atoms with Gasteiger partial charge in [0, 0.05) is 41.9 Å². The number of aliphatic carboxylic acids is 1. The number of nitrogens with zero attached hydrogens (tertiary/aromatic N) is 2. The predicted molar refractivity (Wildman–Crippen MR) is 185 cm³/mol. The summed E-state index contributed by atoms with van der Waals surface area (Å²) < 4.78 is 60.5. The summed E-state index contributed by atoms with van der Waals surface area (Å²) >= 11 is 0. The number of halogens is 2. The van der Waals surface area contributed by atoms with Crippen molar-refractivity contribution < 1.29 is 36.7 Å². The minimum absolute atomic E-state index is 0.217. The topological polar surface area (TPSA) is 186 Å². The second kappa shape index (κ2) is 14.3. The van der Waals surface area contributed by atoms with E-state index in [4.69, 9.17) is 0 Å². The van der Waals surface area contributed by atoms with Gasteiger partial charge in [-0.15, -0.1) is 0 Å². The lowest BCUT2D eigenvalue weighted by Crippen LogP contribution is -2.42. The molecule has 1 heterocycles. The highest BCUT2D eigenvalue weighted by Gasteiger charge is 2.26. The van der Waals surface area contributed by atoms with Crippen molar-refractivity contribution in [2.75, 3.05) is 4.72 Å². The molecule has 270 valence electrons. The number of anilines is 1. The van der Waals surface area contributed by atoms with E-state index >= 15 is 8.78 Å². The monoisotopic (exact) mass is 725 g/mol. The maximum absolute atomic E-state index is 15.1. The summed E-state index contributed by atoms with van der Waals surface area (Å²) in [6.45, 7) is 10.1. The lowest BCUT2D eigenvalue weighted by Gasteiger charge is -2.21. The van der Waals surface area contributed by atoms with Gasteiger partial charge in [-0.25, -0.2) is 31.4 Å². The largest absolute Gasteiger partial charge is 0.480 e. The van der Waals surface area contributed by atoms with Crippen molar-refractivity contribution in [1.82, 2.24) is 19.8 Å². The number of aryl methyl sites for hydroxylation is 1. The summed E-state index contributed by atoms with van der Waals surface area (Å²) in [5.74, 6) is -5.87. The minimum Gasteiger partial charge on any atom is -0.480 e. The number of amides is 2. The van der Waals surface area contributed by atoms with Crippen molar-refractivity contribution in [1.29, 1.82) is 0 Å². The number of hydrogen-bond acceptors (Lipinski definition) is 7. The summed E-state index contributed by atoms with van der Waals surface area (Å²) in [6, 6.07) is 8.66. The Bertz CT molecular complexity index is 2260. The Morgan fingerprint density at radius 2 is 1.51 bits per heavy atom. The van der Waals surface area contributed by atoms with Gasteiger partial charge in [-0.2, -0.15) is 0 Å². The molecule has 0 radical (unpaired) electrons. The van der Waals surface area contributed by atoms with E-state index < -0.39 is 73.5 Å². The molecule has 16 heteroatoms. The maximum Gasteiger partial charge on any atom is 0.335 e. The van der Waals surface area contributed by atoms with Crippen molar-refractivity contribution in [3.05, 3.63) is 121 Å². The van der Waals surface area contributed by atoms with Gasteiger partial charge in [-0.05, 0) is 89.1 Å². The third-order valence-electron chi connectivity index (χ3n) is 8.07. The number of nitrogens with one attached hydrogen (secondary N) is 3. The Balaban J connectivity index is 1.51. The number of carbonyl (C=O) groups excluding carboxylic acids is 2. The average Bonchev–Trinajstić information content (AvgIpc) is 3.03. The Kier molecular flexibility index (Phi) is 10.7. The average molecular weight is 726 g/mol. The van der Waals surface area contributed by atoms with Gasteiger partial charge in [-0.3, -0.25) is 19.1 Å². The number of aromatic nitrogens is 2. The molecule has 0 aliphatic carbocycles. The van der Waals surface area contributed by atoms with E-state index in [2.05, 4.69) is 10.6 Å². The van der Waals surface area contributed by atoms with Crippen molar-refractivity contribution in [2.45, 2.75) is 64.4 Å². The fraction of sp³-hybridized carbons (Fsp3) is 0.286. The molecule has 0 aliphatic heterocycles. The zero-order valence-corrected chi connectivity index (χ0v) is 29.7. The van der Waals surface area contributed by atoms with Crippen molar-refractivity contribution >= 4 is 33.5 Å². The highest BCUT2D eigenvalue weighted by atomic mass is 32.2. The number of sulfonamides is 1. The van der Waals surface area contributed by atoms with Crippen LogP contribution in [0.1, 0.15) is 63.9 Å². The smallest absolute Gasteiger partial charge is 0.335 e. The van der Waals surface area contributed by atoms with E-state index in [-0.39, 0.29) is 22.6 Å². The standard InChI is InChI=1S/C35H37F2N5O8S/c1-18-14-23(12-13-24(18)31(44)39-35(4,5)6)51(49,50)40-28-17-26(36)25(16-27(28)37)30(43)38-29(33(46)47)15-21-8-10-22(11-9-21)42-32(45)19(2)20(3)41(7)34(42)48/h8-14,16-17,29,40H,15H2,1-7H3,(H,38,43)(H,39,44)(H,46,47)/t29-/m0/s1. The van der Waals surface area contributed by atoms with Gasteiger partial charge < -0.3 is 20.3 Å². The lowest BCUT2D eigenvalue weighted by atomic mass is 10.0. The predicted octanol–water partition coefficient (Wildman–Crippen LogP) is 3.49. The summed E-state index contributed by atoms with van der Waals surface area (Å²) in [5.41, 5.74) is -1.34. The molecule has 0 fully saturated rings. The number of rotatable bonds is 10. The zero-order valence-electron chi connectivity index (χ0n) is 28.8. The van der Waals surface area contributed by atoms with Gasteiger partial charge in [0.15, 0.2) is 0 Å². The number of carboxylic acid groups (broad SMARTS) is 1. The molecule has 3 aromatic carbocycles. The van der Waals surface area contributed by atoms with Crippen LogP contribution in [0.25, 0.3) is 5.69 Å². The molecule has 4 aromatic rings. The summed E-state index contributed by atoms with van der Waals surface area (Å²) in [7, 11) is -2.96. The minimum atomic E-state index is -4.49. The molecule has 4 N–H and O–H groups in total. The summed E-state index contributed by atoms with van der Waals surface area (Å²) in [6.07, 6.45) is -0.306. The normalized spacial score (nSPS) is 12.3. The van der Waals surface area contributed by atoms with Crippen LogP contribution in [-0.4, -0.2) is 52.0 Å². The fourth-order valence-corrected chi connectivity index (χ4v) is 6.25. The van der Waals surface area contributed by atoms with Gasteiger partial charge in [-0.1, -0.05) is 12.1 Å². The van der Waals surface area contributed by atoms with Crippen LogP contribution in [0.3, 0.4) is 0 Å². The van der Waals surface area contributed by atoms with Crippen LogP contribution in [0.2, 0.25) is 0 Å². The molecular weight excluding hydrogens is 688 g/mol. The van der Waals surface area contributed by atoms with Gasteiger partial charge in [0.1, 0.15) is 17.7 Å². The second-order valence-electron chi connectivity index (χ2n) is 13.0. The van der Waals surface area contributed by atoms with Crippen LogP contribution in [-0.2, 0) is 28.3 Å². The molecule has 0 saturated heterocycles. The first-order valence-electron chi connectivity index (χ1n) is 15.5. The van der Waals surface area contributed by atoms with E-state index in [1.807, 2.05) is 4.72 Å². The van der Waals surface area contributed by atoms with Gasteiger partial charge in [0.05, 0.1) is 21.8 Å². The maximum atomic E-state index is 15.1. The quantitative estimate of drug-likeness (QED) is 0.191. The first kappa shape index (κ1) is 38.2. The van der Waals surface area contributed by atoms with Crippen LogP contribution in [0.5, 0.6) is 0 Å². The van der Waals surface area contributed by atoms with Crippen LogP contribution >= 0.6 is 0 Å². The molecule has 1 atom stereocenters. The Morgan fingerprint density at radius 1 is 0.882 bits per heavy atom. The SMILES string of the molecule is Cc1cc(S(=O)(=O)Nc2cc(F)c(C(=O)N[C@@H](Cc3ccc(-n4c(=O)c(C)c(C)n(C)c4=O)cc3)C(=O)O)cc2F)ccc1C(=O)NC(C)(C)C. The zero-order chi connectivity index (χ0) is 38.2. The molecule has 0 saturated carbocycles. The Hall–Kier alpha value is -5.64. The van der Waals surface area contributed by atoms with E-state index in [1.54, 1.807) is 34.6 Å². The van der Waals surface area contributed by atoms with Gasteiger partial charge in [0.2, 0.25) is 0 Å². The third kappa shape index (κ3) is 8.40. The molecule has 0 unspecified atom stereocenters. The van der Waals surface area contributed by atoms with Crippen molar-refractivity contribution in [2.24, 2.45) is 7.05 Å². The van der Waals surface area contributed by atoms with Crippen LogP contribution in [0.15, 0.2) is 69.1 Å². The Labute approximate surface area is 292 Å². The molecule has 4 rings (SSSR count). The molecule has 0 aliphatic rings. The van der Waals surface area contributed by atoms with E-state index in [9.17, 15) is 37.5 Å². The lowest BCUT2D eigenvalue weighted by molar-refractivity contribution is -0.139. The summed E-state index contributed by atoms with van der Waals surface area (Å²) in [5, 5.41) is 14.7. The second-order valence-corrected chi connectivity index (χ2v) is 14.7. The molecule has 13 nitrogen and oxygen atoms in total. The third-order valence-corrected chi connectivity index (χ3v) is 9.44. The fourth-order valence-electron chi connectivity index (χ4n) is 5.10. The first-order chi connectivity index (χ1) is 23.6. The molecule has 0 spiro atoms. The van der Waals surface area contributed by atoms with Gasteiger partial charge in [0.25, 0.3) is 27.4 Å². The highest BCUT2D eigenvalue weighted by Crippen LogP contribution is 2.25. The summed E-state index contributed by atoms with van der Waals surface area (Å²) in [4.78, 5) is 62.7. The highest BCUT2D eigenvalue weighted by molar-refractivity contribution is 7.92. The molecule has 1 aromatic heterocycles. The van der Waals surface area contributed by atoms with E-state index in [0.29, 0.717) is 34.5 Å². The van der Waals surface area contributed by atoms with E-state index in [0.717, 1.165) is 10.6 Å². The van der Waals surface area contributed by atoms with Crippen molar-refractivity contribution in [3.8, 4) is 5.69 Å². The number of benzene rings is 3. The molecule has 0 bridgehead atoms. The molecular formula is C35H37F2N5O8S. The van der Waals surface area contributed by atoms with Gasteiger partial charge >= 0.3 is 11.7 Å². The van der Waals surface area contributed by atoms with Crippen molar-refractivity contribution in [3.63, 3.8) is 0 Å². The number of carbonyl (C=O) groups is 3. The van der Waals surface area contributed by atoms with E-state index in [1.165, 1.54) is 54.9 Å². The number of carboxylic acids is 1. The van der Waals surface area contributed by atoms with Crippen LogP contribution in [0.4, 0.5) is 14.5 Å². The number of hydrogen-bond donors (Lipinski definition) is 4. The Morgan fingerprint density at radius 3 is 2.08 bits per heavy atom. The molecule has 51 heavy (non-hydrogen) atoms. The van der Waals surface area contributed by atoms with Crippen LogP contribution in [0, 0.1) is 32.4 Å².